The molecule has 104 valence electrons. The third-order valence-corrected chi connectivity index (χ3v) is 4.07. The molecule has 0 aliphatic rings. The Labute approximate surface area is 123 Å². The molecule has 0 saturated carbocycles. The largest absolute Gasteiger partial charge is 0.310 e. The first-order chi connectivity index (χ1) is 9.56. The summed E-state index contributed by atoms with van der Waals surface area (Å²) in [6.45, 7) is 5.88. The molecule has 0 aliphatic heterocycles. The smallest absolute Gasteiger partial charge is 0.238 e. The van der Waals surface area contributed by atoms with E-state index in [1.807, 2.05) is 38.1 Å². The summed E-state index contributed by atoms with van der Waals surface area (Å²) in [5.41, 5.74) is 2.18. The van der Waals surface area contributed by atoms with Crippen LogP contribution in [0.4, 0.5) is 5.82 Å². The quantitative estimate of drug-likeness (QED) is 0.869. The number of benzene rings is 1. The van der Waals surface area contributed by atoms with Gasteiger partial charge in [-0.25, -0.2) is 4.98 Å². The number of amides is 1. The molecule has 4 heteroatoms. The van der Waals surface area contributed by atoms with Crippen LogP contribution in [0.5, 0.6) is 0 Å². The second-order valence-electron chi connectivity index (χ2n) is 4.73. The minimum atomic E-state index is -0.167. The molecule has 0 spiro atoms. The second-order valence-corrected chi connectivity index (χ2v) is 6.15. The van der Waals surface area contributed by atoms with Gasteiger partial charge in [0.05, 0.1) is 5.25 Å². The number of aryl methyl sites for hydroxylation is 2. The molecule has 1 aromatic heterocycles. The van der Waals surface area contributed by atoms with E-state index in [2.05, 4.69) is 29.4 Å². The molecule has 0 fully saturated rings. The average Bonchev–Trinajstić information content (AvgIpc) is 2.44. The van der Waals surface area contributed by atoms with Crippen LogP contribution in [0.3, 0.4) is 0 Å². The summed E-state index contributed by atoms with van der Waals surface area (Å²) in [7, 11) is 0. The van der Waals surface area contributed by atoms with E-state index < -0.39 is 0 Å². The topological polar surface area (TPSA) is 42.0 Å². The van der Waals surface area contributed by atoms with Gasteiger partial charge in [0.15, 0.2) is 0 Å². The molecule has 0 saturated heterocycles. The van der Waals surface area contributed by atoms with E-state index in [0.717, 1.165) is 10.5 Å². The Morgan fingerprint density at radius 2 is 1.90 bits per heavy atom. The number of aromatic nitrogens is 1. The Bertz CT molecular complexity index is 596. The molecule has 1 heterocycles. The highest BCUT2D eigenvalue weighted by Crippen LogP contribution is 2.24. The average molecular weight is 286 g/mol. The van der Waals surface area contributed by atoms with Crippen LogP contribution in [0.1, 0.15) is 18.1 Å². The first-order valence-corrected chi connectivity index (χ1v) is 7.40. The normalized spacial score (nSPS) is 11.9. The van der Waals surface area contributed by atoms with E-state index >= 15 is 0 Å². The lowest BCUT2D eigenvalue weighted by Crippen LogP contribution is -2.23. The number of rotatable bonds is 4. The molecule has 3 nitrogen and oxygen atoms in total. The predicted octanol–water partition coefficient (Wildman–Crippen LogP) is 3.82. The molecule has 0 bridgehead atoms. The maximum Gasteiger partial charge on any atom is 0.238 e. The van der Waals surface area contributed by atoms with Crippen molar-refractivity contribution in [3.8, 4) is 0 Å². The lowest BCUT2D eigenvalue weighted by Gasteiger charge is -2.12. The molecule has 0 aliphatic carbocycles. The molecule has 20 heavy (non-hydrogen) atoms. The van der Waals surface area contributed by atoms with Gasteiger partial charge in [0.2, 0.25) is 5.91 Å². The third kappa shape index (κ3) is 3.84. The summed E-state index contributed by atoms with van der Waals surface area (Å²) < 4.78 is 0. The van der Waals surface area contributed by atoms with Crippen molar-refractivity contribution in [2.45, 2.75) is 30.9 Å². The number of anilines is 1. The van der Waals surface area contributed by atoms with Crippen molar-refractivity contribution in [2.75, 3.05) is 5.32 Å². The number of nitrogens with zero attached hydrogens (tertiary/aromatic N) is 1. The van der Waals surface area contributed by atoms with E-state index in [1.54, 1.807) is 18.0 Å². The van der Waals surface area contributed by atoms with Crippen LogP contribution in [0.25, 0.3) is 0 Å². The SMILES string of the molecule is Cc1ccc(SC(C)C(=O)Nc2ncccc2C)cc1. The van der Waals surface area contributed by atoms with E-state index in [-0.39, 0.29) is 11.2 Å². The number of nitrogens with one attached hydrogen (secondary N) is 1. The molecule has 1 atom stereocenters. The van der Waals surface area contributed by atoms with Crippen LogP contribution in [0.15, 0.2) is 47.5 Å². The monoisotopic (exact) mass is 286 g/mol. The predicted molar refractivity (Wildman–Crippen MR) is 84.1 cm³/mol. The first kappa shape index (κ1) is 14.6. The van der Waals surface area contributed by atoms with Crippen molar-refractivity contribution >= 4 is 23.5 Å². The van der Waals surface area contributed by atoms with Crippen LogP contribution >= 0.6 is 11.8 Å². The van der Waals surface area contributed by atoms with E-state index in [1.165, 1.54) is 5.56 Å². The summed E-state index contributed by atoms with van der Waals surface area (Å²) in [5.74, 6) is 0.603. The fourth-order valence-corrected chi connectivity index (χ4v) is 2.58. The van der Waals surface area contributed by atoms with Gasteiger partial charge in [0.25, 0.3) is 0 Å². The Kier molecular flexibility index (Phi) is 4.79. The van der Waals surface area contributed by atoms with Gasteiger partial charge >= 0.3 is 0 Å². The molecule has 1 aromatic carbocycles. The van der Waals surface area contributed by atoms with Gasteiger partial charge in [0, 0.05) is 11.1 Å². The van der Waals surface area contributed by atoms with Crippen molar-refractivity contribution in [1.82, 2.24) is 4.98 Å². The van der Waals surface area contributed by atoms with Gasteiger partial charge in [-0.1, -0.05) is 23.8 Å². The van der Waals surface area contributed by atoms with Crippen LogP contribution in [-0.4, -0.2) is 16.1 Å². The number of hydrogen-bond acceptors (Lipinski definition) is 3. The van der Waals surface area contributed by atoms with Crippen molar-refractivity contribution in [2.24, 2.45) is 0 Å². The van der Waals surface area contributed by atoms with Gasteiger partial charge in [-0.15, -0.1) is 11.8 Å². The maximum absolute atomic E-state index is 12.2. The highest BCUT2D eigenvalue weighted by molar-refractivity contribution is 8.00. The lowest BCUT2D eigenvalue weighted by molar-refractivity contribution is -0.115. The minimum Gasteiger partial charge on any atom is -0.310 e. The number of pyridine rings is 1. The fraction of sp³-hybridized carbons (Fsp3) is 0.250. The highest BCUT2D eigenvalue weighted by Gasteiger charge is 2.15. The van der Waals surface area contributed by atoms with Crippen LogP contribution in [0, 0.1) is 13.8 Å². The van der Waals surface area contributed by atoms with Crippen LogP contribution in [0.2, 0.25) is 0 Å². The Morgan fingerprint density at radius 3 is 2.55 bits per heavy atom. The number of carbonyl (C=O) groups excluding carboxylic acids is 1. The van der Waals surface area contributed by atoms with Gasteiger partial charge < -0.3 is 5.32 Å². The van der Waals surface area contributed by atoms with Crippen molar-refractivity contribution in [3.63, 3.8) is 0 Å². The fourth-order valence-electron chi connectivity index (χ4n) is 1.71. The van der Waals surface area contributed by atoms with Gasteiger partial charge in [0.1, 0.15) is 5.82 Å². The zero-order chi connectivity index (χ0) is 14.5. The number of thioether (sulfide) groups is 1. The van der Waals surface area contributed by atoms with Crippen LogP contribution < -0.4 is 5.32 Å². The van der Waals surface area contributed by atoms with Crippen molar-refractivity contribution in [3.05, 3.63) is 53.7 Å². The molecule has 1 N–H and O–H groups in total. The van der Waals surface area contributed by atoms with Crippen LogP contribution in [-0.2, 0) is 4.79 Å². The summed E-state index contributed by atoms with van der Waals surface area (Å²) in [6.07, 6.45) is 1.68. The molecular formula is C16H18N2OS. The summed E-state index contributed by atoms with van der Waals surface area (Å²) in [6, 6.07) is 12.0. The summed E-state index contributed by atoms with van der Waals surface area (Å²) in [5, 5.41) is 2.70. The van der Waals surface area contributed by atoms with Crippen molar-refractivity contribution in [1.29, 1.82) is 0 Å². The molecule has 1 unspecified atom stereocenters. The minimum absolute atomic E-state index is 0.0302. The number of carbonyl (C=O) groups is 1. The first-order valence-electron chi connectivity index (χ1n) is 6.52. The third-order valence-electron chi connectivity index (χ3n) is 2.95. The number of hydrogen-bond donors (Lipinski definition) is 1. The van der Waals surface area contributed by atoms with Gasteiger partial charge in [-0.3, -0.25) is 4.79 Å². The summed E-state index contributed by atoms with van der Waals surface area (Å²) in [4.78, 5) is 17.4. The zero-order valence-corrected chi connectivity index (χ0v) is 12.7. The van der Waals surface area contributed by atoms with E-state index in [9.17, 15) is 4.79 Å². The Hall–Kier alpha value is -1.81. The van der Waals surface area contributed by atoms with E-state index in [4.69, 9.17) is 0 Å². The zero-order valence-electron chi connectivity index (χ0n) is 11.9. The maximum atomic E-state index is 12.2. The lowest BCUT2D eigenvalue weighted by atomic mass is 10.2. The van der Waals surface area contributed by atoms with Gasteiger partial charge in [-0.05, 0) is 44.5 Å². The Morgan fingerprint density at radius 1 is 1.20 bits per heavy atom. The molecule has 2 rings (SSSR count). The second kappa shape index (κ2) is 6.57. The highest BCUT2D eigenvalue weighted by atomic mass is 32.2. The standard InChI is InChI=1S/C16H18N2OS/c1-11-6-8-14(9-7-11)20-13(3)16(19)18-15-12(2)5-4-10-17-15/h4-10,13H,1-3H3,(H,17,18,19). The molecule has 2 aromatic rings. The molecular weight excluding hydrogens is 268 g/mol. The summed E-state index contributed by atoms with van der Waals surface area (Å²) >= 11 is 1.55. The van der Waals surface area contributed by atoms with E-state index in [0.29, 0.717) is 5.82 Å². The van der Waals surface area contributed by atoms with Crippen molar-refractivity contribution < 1.29 is 4.79 Å². The molecule has 0 radical (unpaired) electrons. The van der Waals surface area contributed by atoms with Gasteiger partial charge in [-0.2, -0.15) is 0 Å². The molecule has 1 amide bonds. The Balaban J connectivity index is 1.99.